The summed E-state index contributed by atoms with van der Waals surface area (Å²) in [5.41, 5.74) is 3.42. The molecule has 2 atom stereocenters. The van der Waals surface area contributed by atoms with E-state index in [-0.39, 0.29) is 17.0 Å². The van der Waals surface area contributed by atoms with Gasteiger partial charge in [-0.15, -0.1) is 6.58 Å². The van der Waals surface area contributed by atoms with Gasteiger partial charge in [-0.25, -0.2) is 4.99 Å². The molecule has 1 aliphatic carbocycles. The van der Waals surface area contributed by atoms with E-state index in [1.54, 1.807) is 0 Å². The van der Waals surface area contributed by atoms with Gasteiger partial charge in [-0.1, -0.05) is 72.8 Å². The fourth-order valence-corrected chi connectivity index (χ4v) is 4.58. The van der Waals surface area contributed by atoms with Crippen LogP contribution in [-0.4, -0.2) is 36.5 Å². The Bertz CT molecular complexity index is 960. The second-order valence-electron chi connectivity index (χ2n) is 9.09. The van der Waals surface area contributed by atoms with Crippen molar-refractivity contribution in [3.05, 3.63) is 96.1 Å². The second-order valence-corrected chi connectivity index (χ2v) is 9.09. The first-order chi connectivity index (χ1) is 14.5. The standard InChI is InChI=1S/C27H32N2O/c1-5-17-27(25-28-26(2,3)20-30-25)18-15-24(22-13-9-10-14-23(22)27)29(4)19-16-21-11-7-6-8-12-21/h5-15,18,24H,1,16-17,19-20H2,2-4H3/t24-,27+/m1/s1. The van der Waals surface area contributed by atoms with Crippen molar-refractivity contribution in [2.75, 3.05) is 20.2 Å². The van der Waals surface area contributed by atoms with Gasteiger partial charge in [-0.05, 0) is 50.4 Å². The Morgan fingerprint density at radius 3 is 2.57 bits per heavy atom. The van der Waals surface area contributed by atoms with Crippen LogP contribution in [0.25, 0.3) is 0 Å². The Kier molecular flexibility index (Phi) is 5.66. The highest BCUT2D eigenvalue weighted by Crippen LogP contribution is 2.44. The third-order valence-corrected chi connectivity index (χ3v) is 6.21. The smallest absolute Gasteiger partial charge is 0.199 e. The predicted octanol–water partition coefficient (Wildman–Crippen LogP) is 5.49. The third kappa shape index (κ3) is 3.87. The number of hydrogen-bond donors (Lipinski definition) is 0. The molecule has 4 rings (SSSR count). The first-order valence-corrected chi connectivity index (χ1v) is 10.8. The Labute approximate surface area is 180 Å². The van der Waals surface area contributed by atoms with Crippen molar-refractivity contribution in [3.63, 3.8) is 0 Å². The number of allylic oxidation sites excluding steroid dienone is 1. The number of nitrogens with zero attached hydrogens (tertiary/aromatic N) is 2. The molecule has 1 aliphatic heterocycles. The maximum Gasteiger partial charge on any atom is 0.199 e. The SMILES string of the molecule is C=CC[C@]1(C2=NC(C)(C)CO2)C=C[C@@H](N(C)CCc2ccccc2)c2ccccc21. The molecule has 2 aromatic carbocycles. The summed E-state index contributed by atoms with van der Waals surface area (Å²) in [6.07, 6.45) is 8.42. The van der Waals surface area contributed by atoms with Crippen LogP contribution in [0, 0.1) is 0 Å². The molecular formula is C27H32N2O. The van der Waals surface area contributed by atoms with Gasteiger partial charge in [-0.3, -0.25) is 4.90 Å². The van der Waals surface area contributed by atoms with Crippen molar-refractivity contribution in [1.29, 1.82) is 0 Å². The highest BCUT2D eigenvalue weighted by atomic mass is 16.5. The monoisotopic (exact) mass is 400 g/mol. The van der Waals surface area contributed by atoms with E-state index in [2.05, 4.69) is 99.1 Å². The van der Waals surface area contributed by atoms with Crippen LogP contribution in [0.1, 0.15) is 43.0 Å². The quantitative estimate of drug-likeness (QED) is 0.574. The maximum atomic E-state index is 6.16. The normalized spacial score (nSPS) is 24.3. The summed E-state index contributed by atoms with van der Waals surface area (Å²) >= 11 is 0. The van der Waals surface area contributed by atoms with Crippen molar-refractivity contribution in [2.45, 2.75) is 43.7 Å². The van der Waals surface area contributed by atoms with Crippen LogP contribution >= 0.6 is 0 Å². The number of fused-ring (bicyclic) bond motifs is 1. The molecule has 1 heterocycles. The summed E-state index contributed by atoms with van der Waals surface area (Å²) in [4.78, 5) is 7.39. The van der Waals surface area contributed by atoms with E-state index in [0.29, 0.717) is 6.61 Å². The molecule has 2 aromatic rings. The molecule has 0 spiro atoms. The molecule has 2 aliphatic rings. The first-order valence-electron chi connectivity index (χ1n) is 10.8. The third-order valence-electron chi connectivity index (χ3n) is 6.21. The molecule has 0 saturated carbocycles. The van der Waals surface area contributed by atoms with E-state index in [0.717, 1.165) is 25.3 Å². The molecule has 0 saturated heterocycles. The zero-order valence-electron chi connectivity index (χ0n) is 18.3. The predicted molar refractivity (Wildman–Crippen MR) is 125 cm³/mol. The number of likely N-dealkylation sites (N-methyl/N-ethyl adjacent to an activating group) is 1. The lowest BCUT2D eigenvalue weighted by Gasteiger charge is -2.39. The van der Waals surface area contributed by atoms with Gasteiger partial charge in [0.05, 0.1) is 17.0 Å². The molecule has 0 bridgehead atoms. The van der Waals surface area contributed by atoms with Crippen LogP contribution in [-0.2, 0) is 16.6 Å². The molecule has 0 N–H and O–H groups in total. The number of aliphatic imine (C=N–C) groups is 1. The van der Waals surface area contributed by atoms with Gasteiger partial charge in [0.2, 0.25) is 0 Å². The highest BCUT2D eigenvalue weighted by molar-refractivity contribution is 5.93. The number of benzene rings is 2. The lowest BCUT2D eigenvalue weighted by molar-refractivity contribution is 0.259. The molecule has 0 amide bonds. The summed E-state index contributed by atoms with van der Waals surface area (Å²) in [5, 5.41) is 0. The van der Waals surface area contributed by atoms with Crippen LogP contribution in [0.2, 0.25) is 0 Å². The largest absolute Gasteiger partial charge is 0.478 e. The van der Waals surface area contributed by atoms with Crippen molar-refractivity contribution >= 4 is 5.90 Å². The van der Waals surface area contributed by atoms with E-state index in [4.69, 9.17) is 9.73 Å². The van der Waals surface area contributed by atoms with Gasteiger partial charge in [0.25, 0.3) is 0 Å². The number of ether oxygens (including phenoxy) is 1. The molecule has 0 radical (unpaired) electrons. The van der Waals surface area contributed by atoms with Crippen molar-refractivity contribution in [1.82, 2.24) is 4.90 Å². The lowest BCUT2D eigenvalue weighted by atomic mass is 9.70. The number of hydrogen-bond acceptors (Lipinski definition) is 3. The fourth-order valence-electron chi connectivity index (χ4n) is 4.58. The van der Waals surface area contributed by atoms with E-state index in [1.165, 1.54) is 16.7 Å². The summed E-state index contributed by atoms with van der Waals surface area (Å²) in [6.45, 7) is 9.91. The maximum absolute atomic E-state index is 6.16. The summed E-state index contributed by atoms with van der Waals surface area (Å²) in [7, 11) is 2.21. The lowest BCUT2D eigenvalue weighted by Crippen LogP contribution is -2.39. The molecule has 3 heteroatoms. The molecule has 0 fully saturated rings. The molecule has 30 heavy (non-hydrogen) atoms. The van der Waals surface area contributed by atoms with Crippen LogP contribution in [0.4, 0.5) is 0 Å². The average Bonchev–Trinajstić information content (AvgIpc) is 3.13. The molecule has 156 valence electrons. The Balaban J connectivity index is 1.67. The minimum atomic E-state index is -0.372. The average molecular weight is 401 g/mol. The van der Waals surface area contributed by atoms with Crippen LogP contribution in [0.5, 0.6) is 0 Å². The minimum absolute atomic E-state index is 0.185. The molecule has 0 aromatic heterocycles. The molecule has 3 nitrogen and oxygen atoms in total. The van der Waals surface area contributed by atoms with Crippen LogP contribution < -0.4 is 0 Å². The van der Waals surface area contributed by atoms with Gasteiger partial charge < -0.3 is 4.74 Å². The first kappa shape index (κ1) is 20.6. The van der Waals surface area contributed by atoms with Gasteiger partial charge in [0, 0.05) is 6.54 Å². The Morgan fingerprint density at radius 2 is 1.87 bits per heavy atom. The summed E-state index contributed by atoms with van der Waals surface area (Å²) in [5.74, 6) is 0.821. The molecule has 0 unspecified atom stereocenters. The number of rotatable bonds is 7. The van der Waals surface area contributed by atoms with Crippen molar-refractivity contribution < 1.29 is 4.74 Å². The van der Waals surface area contributed by atoms with Gasteiger partial charge in [-0.2, -0.15) is 0 Å². The van der Waals surface area contributed by atoms with Gasteiger partial charge in [0.15, 0.2) is 5.90 Å². The zero-order chi connectivity index (χ0) is 21.2. The fraction of sp³-hybridized carbons (Fsp3) is 0.370. The van der Waals surface area contributed by atoms with Gasteiger partial charge >= 0.3 is 0 Å². The highest BCUT2D eigenvalue weighted by Gasteiger charge is 2.45. The minimum Gasteiger partial charge on any atom is -0.478 e. The van der Waals surface area contributed by atoms with E-state index >= 15 is 0 Å². The zero-order valence-corrected chi connectivity index (χ0v) is 18.3. The van der Waals surface area contributed by atoms with Crippen LogP contribution in [0.15, 0.2) is 84.4 Å². The Morgan fingerprint density at radius 1 is 1.13 bits per heavy atom. The summed E-state index contributed by atoms with van der Waals surface area (Å²) in [6, 6.07) is 19.7. The Hall–Kier alpha value is -2.65. The second kappa shape index (κ2) is 8.23. The van der Waals surface area contributed by atoms with E-state index in [1.807, 2.05) is 6.08 Å². The summed E-state index contributed by atoms with van der Waals surface area (Å²) < 4.78 is 6.16. The van der Waals surface area contributed by atoms with Crippen molar-refractivity contribution in [3.8, 4) is 0 Å². The van der Waals surface area contributed by atoms with Crippen LogP contribution in [0.3, 0.4) is 0 Å². The van der Waals surface area contributed by atoms with E-state index in [9.17, 15) is 0 Å². The van der Waals surface area contributed by atoms with Gasteiger partial charge in [0.1, 0.15) is 6.61 Å². The molecular weight excluding hydrogens is 368 g/mol. The topological polar surface area (TPSA) is 24.8 Å². The van der Waals surface area contributed by atoms with E-state index < -0.39 is 0 Å². The van der Waals surface area contributed by atoms with Crippen molar-refractivity contribution in [2.24, 2.45) is 4.99 Å².